The lowest BCUT2D eigenvalue weighted by atomic mass is 9.92. The fourth-order valence-electron chi connectivity index (χ4n) is 4.15. The van der Waals surface area contributed by atoms with Crippen LogP contribution < -0.4 is 9.46 Å². The number of amides is 1. The van der Waals surface area contributed by atoms with Crippen molar-refractivity contribution in [1.82, 2.24) is 14.8 Å². The van der Waals surface area contributed by atoms with Gasteiger partial charge in [-0.25, -0.2) is 13.1 Å². The summed E-state index contributed by atoms with van der Waals surface area (Å²) in [4.78, 5) is 14.8. The average molecular weight is 434 g/mol. The third-order valence-corrected chi connectivity index (χ3v) is 6.90. The smallest absolute Gasteiger partial charge is 0.276 e. The Balaban J connectivity index is 1.38. The number of hydrogen-bond donors (Lipinski definition) is 1. The van der Waals surface area contributed by atoms with Gasteiger partial charge in [0, 0.05) is 19.1 Å². The molecule has 9 heteroatoms. The zero-order valence-electron chi connectivity index (χ0n) is 17.5. The number of aromatic nitrogens is 1. The lowest BCUT2D eigenvalue weighted by Crippen LogP contribution is -2.42. The maximum absolute atomic E-state index is 13.1. The Morgan fingerprint density at radius 3 is 2.57 bits per heavy atom. The van der Waals surface area contributed by atoms with E-state index in [0.29, 0.717) is 24.4 Å². The van der Waals surface area contributed by atoms with Gasteiger partial charge in [-0.05, 0) is 50.7 Å². The Labute approximate surface area is 176 Å². The number of ether oxygens (including phenoxy) is 1. The summed E-state index contributed by atoms with van der Waals surface area (Å²) in [5.74, 6) is 1.12. The number of carbonyl (C=O) groups excluding carboxylic acids is 1. The summed E-state index contributed by atoms with van der Waals surface area (Å²) in [6.45, 7) is 5.14. The van der Waals surface area contributed by atoms with Gasteiger partial charge in [0.05, 0.1) is 11.8 Å². The van der Waals surface area contributed by atoms with Crippen LogP contribution in [0.25, 0.3) is 0 Å². The van der Waals surface area contributed by atoms with Crippen molar-refractivity contribution in [1.29, 1.82) is 0 Å². The van der Waals surface area contributed by atoms with Gasteiger partial charge in [-0.3, -0.25) is 4.79 Å². The van der Waals surface area contributed by atoms with Crippen LogP contribution in [0.5, 0.6) is 5.75 Å². The number of sulfonamides is 1. The predicted molar refractivity (Wildman–Crippen MR) is 111 cm³/mol. The second kappa shape index (κ2) is 7.70. The van der Waals surface area contributed by atoms with Gasteiger partial charge in [0.25, 0.3) is 5.91 Å². The number of aryl methyl sites for hydroxylation is 2. The SMILES string of the molecule is Cc1ccc(OCc2c(C(=O)N3CCC4(CC3)CC4NS(C)(=O)=O)noc2C)cc1. The monoisotopic (exact) mass is 433 g/mol. The minimum atomic E-state index is -3.21. The highest BCUT2D eigenvalue weighted by atomic mass is 32.2. The van der Waals surface area contributed by atoms with Gasteiger partial charge in [0.2, 0.25) is 10.0 Å². The number of benzene rings is 1. The summed E-state index contributed by atoms with van der Waals surface area (Å²) < 4.78 is 36.8. The largest absolute Gasteiger partial charge is 0.489 e. The highest BCUT2D eigenvalue weighted by Crippen LogP contribution is 2.54. The molecule has 1 aromatic heterocycles. The molecule has 1 aliphatic heterocycles. The molecule has 162 valence electrons. The standard InChI is InChI=1S/C21H27N3O5S/c1-14-4-6-16(7-5-14)28-13-17-15(2)29-22-19(17)20(25)24-10-8-21(9-11-24)12-18(21)23-30(3,26)27/h4-7,18,23H,8-13H2,1-3H3. The number of carbonyl (C=O) groups is 1. The van der Waals surface area contributed by atoms with Crippen LogP contribution in [-0.2, 0) is 16.6 Å². The molecule has 0 radical (unpaired) electrons. The van der Waals surface area contributed by atoms with Crippen molar-refractivity contribution in [2.45, 2.75) is 45.8 Å². The molecule has 0 bridgehead atoms. The van der Waals surface area contributed by atoms with Crippen LogP contribution in [0.4, 0.5) is 0 Å². The maximum Gasteiger partial charge on any atom is 0.276 e. The van der Waals surface area contributed by atoms with E-state index in [2.05, 4.69) is 9.88 Å². The van der Waals surface area contributed by atoms with Crippen LogP contribution in [0.2, 0.25) is 0 Å². The molecule has 30 heavy (non-hydrogen) atoms. The van der Waals surface area contributed by atoms with Gasteiger partial charge in [-0.2, -0.15) is 0 Å². The number of nitrogens with zero attached hydrogens (tertiary/aromatic N) is 2. The molecule has 8 nitrogen and oxygen atoms in total. The third kappa shape index (κ3) is 4.37. The van der Waals surface area contributed by atoms with E-state index in [4.69, 9.17) is 9.26 Å². The molecule has 1 aromatic carbocycles. The van der Waals surface area contributed by atoms with Crippen LogP contribution >= 0.6 is 0 Å². The van der Waals surface area contributed by atoms with E-state index in [9.17, 15) is 13.2 Å². The number of piperidine rings is 1. The molecular weight excluding hydrogens is 406 g/mol. The fourth-order valence-corrected chi connectivity index (χ4v) is 5.00. The summed E-state index contributed by atoms with van der Waals surface area (Å²) in [5.41, 5.74) is 2.07. The van der Waals surface area contributed by atoms with Gasteiger partial charge >= 0.3 is 0 Å². The van der Waals surface area contributed by atoms with E-state index < -0.39 is 10.0 Å². The van der Waals surface area contributed by atoms with Crippen LogP contribution in [-0.4, -0.2) is 49.8 Å². The van der Waals surface area contributed by atoms with Gasteiger partial charge < -0.3 is 14.2 Å². The van der Waals surface area contributed by atoms with E-state index in [1.165, 1.54) is 6.26 Å². The Bertz CT molecular complexity index is 1040. The average Bonchev–Trinajstić information content (AvgIpc) is 3.18. The fraction of sp³-hybridized carbons (Fsp3) is 0.524. The lowest BCUT2D eigenvalue weighted by Gasteiger charge is -2.32. The molecule has 1 unspecified atom stereocenters. The van der Waals surface area contributed by atoms with Crippen molar-refractivity contribution in [3.8, 4) is 5.75 Å². The van der Waals surface area contributed by atoms with E-state index in [-0.39, 0.29) is 29.7 Å². The molecular formula is C21H27N3O5S. The summed E-state index contributed by atoms with van der Waals surface area (Å²) >= 11 is 0. The molecule has 2 fully saturated rings. The molecule has 1 N–H and O–H groups in total. The second-order valence-electron chi connectivity index (χ2n) is 8.47. The Morgan fingerprint density at radius 2 is 1.93 bits per heavy atom. The summed E-state index contributed by atoms with van der Waals surface area (Å²) in [6, 6.07) is 7.70. The van der Waals surface area contributed by atoms with Crippen molar-refractivity contribution in [3.05, 3.63) is 46.8 Å². The Kier molecular flexibility index (Phi) is 5.36. The van der Waals surface area contributed by atoms with Crippen molar-refractivity contribution in [2.24, 2.45) is 5.41 Å². The lowest BCUT2D eigenvalue weighted by molar-refractivity contribution is 0.0661. The molecule has 2 aromatic rings. The molecule has 1 spiro atoms. The predicted octanol–water partition coefficient (Wildman–Crippen LogP) is 2.41. The molecule has 2 heterocycles. The van der Waals surface area contributed by atoms with Gasteiger partial charge in [-0.15, -0.1) is 0 Å². The van der Waals surface area contributed by atoms with Crippen molar-refractivity contribution < 1.29 is 22.5 Å². The first kappa shape index (κ1) is 20.9. The summed E-state index contributed by atoms with van der Waals surface area (Å²) in [5, 5.41) is 3.99. The maximum atomic E-state index is 13.1. The zero-order chi connectivity index (χ0) is 21.5. The molecule has 2 aliphatic rings. The minimum absolute atomic E-state index is 0.0162. The van der Waals surface area contributed by atoms with E-state index in [1.54, 1.807) is 11.8 Å². The Hall–Kier alpha value is -2.39. The molecule has 1 atom stereocenters. The van der Waals surface area contributed by atoms with Gasteiger partial charge in [-0.1, -0.05) is 22.9 Å². The summed E-state index contributed by atoms with van der Waals surface area (Å²) in [6.07, 6.45) is 3.57. The summed E-state index contributed by atoms with van der Waals surface area (Å²) in [7, 11) is -3.21. The van der Waals surface area contributed by atoms with Gasteiger partial charge in [0.15, 0.2) is 5.69 Å². The normalized spacial score (nSPS) is 20.4. The number of nitrogens with one attached hydrogen (secondary N) is 1. The van der Waals surface area contributed by atoms with Crippen LogP contribution in [0, 0.1) is 19.3 Å². The van der Waals surface area contributed by atoms with Crippen LogP contribution in [0.15, 0.2) is 28.8 Å². The van der Waals surface area contributed by atoms with Gasteiger partial charge in [0.1, 0.15) is 18.1 Å². The molecule has 1 amide bonds. The molecule has 1 saturated heterocycles. The highest BCUT2D eigenvalue weighted by Gasteiger charge is 2.56. The topological polar surface area (TPSA) is 102 Å². The quantitative estimate of drug-likeness (QED) is 0.751. The number of rotatable bonds is 6. The molecule has 1 aliphatic carbocycles. The minimum Gasteiger partial charge on any atom is -0.489 e. The number of likely N-dealkylation sites (tertiary alicyclic amines) is 1. The molecule has 4 rings (SSSR count). The van der Waals surface area contributed by atoms with E-state index in [1.807, 2.05) is 31.2 Å². The highest BCUT2D eigenvalue weighted by molar-refractivity contribution is 7.88. The first-order valence-corrected chi connectivity index (χ1v) is 12.0. The van der Waals surface area contributed by atoms with Crippen molar-refractivity contribution in [3.63, 3.8) is 0 Å². The first-order chi connectivity index (χ1) is 14.2. The third-order valence-electron chi connectivity index (χ3n) is 6.18. The van der Waals surface area contributed by atoms with E-state index >= 15 is 0 Å². The van der Waals surface area contributed by atoms with E-state index in [0.717, 1.165) is 30.6 Å². The van der Waals surface area contributed by atoms with Crippen molar-refractivity contribution in [2.75, 3.05) is 19.3 Å². The Morgan fingerprint density at radius 1 is 1.27 bits per heavy atom. The first-order valence-electron chi connectivity index (χ1n) is 10.1. The van der Waals surface area contributed by atoms with Crippen LogP contribution in [0.3, 0.4) is 0 Å². The zero-order valence-corrected chi connectivity index (χ0v) is 18.3. The second-order valence-corrected chi connectivity index (χ2v) is 10.2. The molecule has 1 saturated carbocycles. The number of hydrogen-bond acceptors (Lipinski definition) is 6. The van der Waals surface area contributed by atoms with Crippen molar-refractivity contribution >= 4 is 15.9 Å². The van der Waals surface area contributed by atoms with Crippen LogP contribution in [0.1, 0.15) is 46.6 Å².